The molecule has 0 N–H and O–H groups in total. The zero-order chi connectivity index (χ0) is 19.2. The summed E-state index contributed by atoms with van der Waals surface area (Å²) in [5, 5.41) is 4.39. The van der Waals surface area contributed by atoms with Gasteiger partial charge in [0, 0.05) is 18.1 Å². The van der Waals surface area contributed by atoms with Gasteiger partial charge in [-0.05, 0) is 37.3 Å². The van der Waals surface area contributed by atoms with Crippen molar-refractivity contribution in [1.82, 2.24) is 14.8 Å². The number of carbonyl (C=O) groups excluding carboxylic acids is 1. The molecule has 0 saturated heterocycles. The van der Waals surface area contributed by atoms with Crippen LogP contribution in [-0.4, -0.2) is 33.9 Å². The number of hydrogen-bond acceptors (Lipinski definition) is 4. The Labute approximate surface area is 157 Å². The fraction of sp³-hybridized carbons (Fsp3) is 0.500. The number of amides is 1. The Morgan fingerprint density at radius 2 is 2.19 bits per heavy atom. The fourth-order valence-electron chi connectivity index (χ4n) is 3.18. The van der Waals surface area contributed by atoms with E-state index in [0.717, 1.165) is 27.2 Å². The number of thiophene rings is 1. The second-order valence-corrected chi connectivity index (χ2v) is 8.01. The maximum absolute atomic E-state index is 13.1. The second kappa shape index (κ2) is 6.86. The topological polar surface area (TPSA) is 47.4 Å². The van der Waals surface area contributed by atoms with Gasteiger partial charge in [-0.1, -0.05) is 11.6 Å². The lowest BCUT2D eigenvalue weighted by atomic mass is 10.1. The van der Waals surface area contributed by atoms with Crippen LogP contribution in [0.1, 0.15) is 40.2 Å². The molecule has 10 heteroatoms. The number of aromatic nitrogens is 2. The lowest BCUT2D eigenvalue weighted by Crippen LogP contribution is -2.40. The van der Waals surface area contributed by atoms with E-state index in [2.05, 4.69) is 5.10 Å². The minimum Gasteiger partial charge on any atom is -0.274 e. The van der Waals surface area contributed by atoms with Crippen molar-refractivity contribution in [3.63, 3.8) is 0 Å². The fourth-order valence-corrected chi connectivity index (χ4v) is 4.43. The molecule has 3 atom stereocenters. The van der Waals surface area contributed by atoms with E-state index in [0.29, 0.717) is 4.34 Å². The molecule has 26 heavy (non-hydrogen) atoms. The summed E-state index contributed by atoms with van der Waals surface area (Å²) in [7, 11) is 2.61. The summed E-state index contributed by atoms with van der Waals surface area (Å²) in [6, 6.07) is 3.36. The molecule has 1 saturated carbocycles. The Morgan fingerprint density at radius 3 is 2.73 bits per heavy atom. The molecular formula is C16H17ClF3N3O2S. The van der Waals surface area contributed by atoms with Crippen molar-refractivity contribution >= 4 is 28.8 Å². The number of halogens is 4. The lowest BCUT2D eigenvalue weighted by molar-refractivity contribution is -0.144. The van der Waals surface area contributed by atoms with Gasteiger partial charge >= 0.3 is 6.18 Å². The minimum atomic E-state index is -4.72. The van der Waals surface area contributed by atoms with Gasteiger partial charge in [0.25, 0.3) is 5.91 Å². The van der Waals surface area contributed by atoms with E-state index in [1.807, 2.05) is 12.1 Å². The highest BCUT2D eigenvalue weighted by atomic mass is 35.5. The highest BCUT2D eigenvalue weighted by Gasteiger charge is 2.48. The van der Waals surface area contributed by atoms with Crippen LogP contribution < -0.4 is 0 Å². The van der Waals surface area contributed by atoms with E-state index in [1.165, 1.54) is 25.5 Å². The lowest BCUT2D eigenvalue weighted by Gasteiger charge is -2.27. The number of hydroxylamine groups is 2. The van der Waals surface area contributed by atoms with Crippen molar-refractivity contribution in [3.05, 3.63) is 38.8 Å². The number of nitrogens with zero attached hydrogens (tertiary/aromatic N) is 3. The average molecular weight is 408 g/mol. The van der Waals surface area contributed by atoms with Crippen molar-refractivity contribution in [2.75, 3.05) is 7.11 Å². The van der Waals surface area contributed by atoms with E-state index in [1.54, 1.807) is 6.92 Å². The van der Waals surface area contributed by atoms with Gasteiger partial charge < -0.3 is 0 Å². The Balaban J connectivity index is 1.80. The largest absolute Gasteiger partial charge is 0.435 e. The van der Waals surface area contributed by atoms with Crippen molar-refractivity contribution < 1.29 is 22.8 Å². The molecule has 1 aliphatic rings. The molecule has 142 valence electrons. The van der Waals surface area contributed by atoms with E-state index in [4.69, 9.17) is 16.4 Å². The normalized spacial score (nSPS) is 20.9. The number of aryl methyl sites for hydroxylation is 1. The van der Waals surface area contributed by atoms with Gasteiger partial charge in [0.15, 0.2) is 5.69 Å². The molecule has 1 fully saturated rings. The maximum atomic E-state index is 13.1. The smallest absolute Gasteiger partial charge is 0.274 e. The van der Waals surface area contributed by atoms with Crippen LogP contribution in [0.4, 0.5) is 13.2 Å². The predicted molar refractivity (Wildman–Crippen MR) is 91.0 cm³/mol. The van der Waals surface area contributed by atoms with Crippen molar-refractivity contribution in [2.45, 2.75) is 31.5 Å². The summed E-state index contributed by atoms with van der Waals surface area (Å²) in [5.41, 5.74) is -1.73. The van der Waals surface area contributed by atoms with E-state index >= 15 is 0 Å². The Kier molecular flexibility index (Phi) is 5.06. The first-order chi connectivity index (χ1) is 12.1. The number of rotatable bonds is 5. The standard InChI is InChI=1S/C16H17ClF3N3O2S/c1-8(9-6-10(9)12-4-5-13(17)26-12)23(25-3)15(24)11-7-22(2)21-14(11)16(18,19)20/h4-5,7-10H,6H2,1-3H3/t8?,9-,10+/m0/s1. The van der Waals surface area contributed by atoms with Crippen LogP contribution in [0.2, 0.25) is 4.34 Å². The third kappa shape index (κ3) is 3.60. The van der Waals surface area contributed by atoms with Crippen molar-refractivity contribution in [1.29, 1.82) is 0 Å². The zero-order valence-corrected chi connectivity index (χ0v) is 15.8. The number of hydrogen-bond donors (Lipinski definition) is 0. The number of carbonyl (C=O) groups is 1. The van der Waals surface area contributed by atoms with Gasteiger partial charge in [0.2, 0.25) is 0 Å². The Hall–Kier alpha value is -1.58. The number of alkyl halides is 3. The van der Waals surface area contributed by atoms with Crippen LogP contribution in [0.3, 0.4) is 0 Å². The minimum absolute atomic E-state index is 0.0969. The van der Waals surface area contributed by atoms with Crippen molar-refractivity contribution in [2.24, 2.45) is 13.0 Å². The molecule has 0 bridgehead atoms. The van der Waals surface area contributed by atoms with Gasteiger partial charge in [0.1, 0.15) is 0 Å². The first-order valence-corrected chi connectivity index (χ1v) is 9.06. The molecule has 0 aliphatic heterocycles. The molecule has 0 spiro atoms. The summed E-state index contributed by atoms with van der Waals surface area (Å²) >= 11 is 7.43. The van der Waals surface area contributed by atoms with Crippen LogP contribution in [0.5, 0.6) is 0 Å². The van der Waals surface area contributed by atoms with Gasteiger partial charge in [0.05, 0.1) is 23.1 Å². The predicted octanol–water partition coefficient (Wildman–Crippen LogP) is 4.35. The third-order valence-corrected chi connectivity index (χ3v) is 5.88. The quantitative estimate of drug-likeness (QED) is 0.692. The molecule has 1 unspecified atom stereocenters. The van der Waals surface area contributed by atoms with Crippen LogP contribution in [0, 0.1) is 5.92 Å². The molecular weight excluding hydrogens is 391 g/mol. The van der Waals surface area contributed by atoms with E-state index in [9.17, 15) is 18.0 Å². The SMILES string of the molecule is CON(C(=O)c1cn(C)nc1C(F)(F)F)C(C)[C@@H]1C[C@H]1c1ccc(Cl)s1. The molecule has 1 amide bonds. The monoisotopic (exact) mass is 407 g/mol. The summed E-state index contributed by atoms with van der Waals surface area (Å²) < 4.78 is 41.1. The van der Waals surface area contributed by atoms with Gasteiger partial charge in [-0.2, -0.15) is 18.3 Å². The van der Waals surface area contributed by atoms with Crippen LogP contribution >= 0.6 is 22.9 Å². The summed E-state index contributed by atoms with van der Waals surface area (Å²) in [5.74, 6) is -0.529. The highest BCUT2D eigenvalue weighted by molar-refractivity contribution is 7.16. The average Bonchev–Trinajstić information content (AvgIpc) is 3.07. The molecule has 1 aliphatic carbocycles. The molecule has 0 radical (unpaired) electrons. The van der Waals surface area contributed by atoms with Gasteiger partial charge in [-0.3, -0.25) is 14.3 Å². The van der Waals surface area contributed by atoms with Crippen LogP contribution in [0.15, 0.2) is 18.3 Å². The zero-order valence-electron chi connectivity index (χ0n) is 14.2. The molecule has 3 rings (SSSR count). The maximum Gasteiger partial charge on any atom is 0.435 e. The summed E-state index contributed by atoms with van der Waals surface area (Å²) in [6.07, 6.45) is -2.83. The van der Waals surface area contributed by atoms with Crippen LogP contribution in [0.25, 0.3) is 0 Å². The summed E-state index contributed by atoms with van der Waals surface area (Å²) in [6.45, 7) is 1.77. The third-order valence-electron chi connectivity index (χ3n) is 4.51. The molecule has 5 nitrogen and oxygen atoms in total. The van der Waals surface area contributed by atoms with Gasteiger partial charge in [-0.15, -0.1) is 11.3 Å². The first kappa shape index (κ1) is 19.2. The van der Waals surface area contributed by atoms with Crippen molar-refractivity contribution in [3.8, 4) is 0 Å². The molecule has 2 heterocycles. The van der Waals surface area contributed by atoms with E-state index in [-0.39, 0.29) is 17.9 Å². The molecule has 2 aromatic rings. The second-order valence-electron chi connectivity index (χ2n) is 6.26. The highest BCUT2D eigenvalue weighted by Crippen LogP contribution is 2.53. The summed E-state index contributed by atoms with van der Waals surface area (Å²) in [4.78, 5) is 19.0. The molecule has 2 aromatic heterocycles. The Bertz CT molecular complexity index is 820. The van der Waals surface area contributed by atoms with E-state index < -0.39 is 23.3 Å². The van der Waals surface area contributed by atoms with Crippen LogP contribution in [-0.2, 0) is 18.1 Å². The van der Waals surface area contributed by atoms with Gasteiger partial charge in [-0.25, -0.2) is 5.06 Å². The first-order valence-electron chi connectivity index (χ1n) is 7.87. The Morgan fingerprint density at radius 1 is 1.50 bits per heavy atom. The molecule has 0 aromatic carbocycles.